The predicted octanol–water partition coefficient (Wildman–Crippen LogP) is 2.32. The summed E-state index contributed by atoms with van der Waals surface area (Å²) < 4.78 is 16.9. The van der Waals surface area contributed by atoms with E-state index in [2.05, 4.69) is 5.48 Å². The number of ketones is 1. The lowest BCUT2D eigenvalue weighted by atomic mass is 9.90. The van der Waals surface area contributed by atoms with Crippen LogP contribution in [0.5, 0.6) is 11.5 Å². The Morgan fingerprint density at radius 3 is 2.79 bits per heavy atom. The fourth-order valence-corrected chi connectivity index (χ4v) is 3.73. The molecule has 6 heteroatoms. The van der Waals surface area contributed by atoms with E-state index in [-0.39, 0.29) is 11.9 Å². The lowest BCUT2D eigenvalue weighted by Crippen LogP contribution is -2.37. The van der Waals surface area contributed by atoms with Crippen LogP contribution in [0.25, 0.3) is 0 Å². The van der Waals surface area contributed by atoms with E-state index in [4.69, 9.17) is 19.0 Å². The molecule has 1 saturated carbocycles. The molecule has 2 saturated heterocycles. The molecule has 0 aromatic heterocycles. The molecule has 2 unspecified atom stereocenters. The van der Waals surface area contributed by atoms with Crippen LogP contribution in [-0.2, 0) is 14.4 Å². The molecule has 0 radical (unpaired) electrons. The molecule has 2 aliphatic heterocycles. The zero-order valence-electron chi connectivity index (χ0n) is 13.9. The van der Waals surface area contributed by atoms with Gasteiger partial charge < -0.3 is 14.2 Å². The van der Waals surface area contributed by atoms with Gasteiger partial charge in [-0.3, -0.25) is 9.63 Å². The number of benzene rings is 1. The van der Waals surface area contributed by atoms with Crippen molar-refractivity contribution in [2.45, 2.75) is 49.9 Å². The highest BCUT2D eigenvalue weighted by atomic mass is 16.7. The molecule has 130 valence electrons. The summed E-state index contributed by atoms with van der Waals surface area (Å²) in [5.41, 5.74) is 2.88. The highest BCUT2D eigenvalue weighted by molar-refractivity contribution is 5.94. The van der Waals surface area contributed by atoms with Gasteiger partial charge in [0.05, 0.1) is 26.4 Å². The molecule has 1 N–H and O–H groups in total. The zero-order chi connectivity index (χ0) is 16.6. The third-order valence-corrected chi connectivity index (χ3v) is 5.19. The van der Waals surface area contributed by atoms with Gasteiger partial charge in [-0.2, -0.15) is 5.48 Å². The summed E-state index contributed by atoms with van der Waals surface area (Å²) in [4.78, 5) is 18.4. The molecule has 3 aliphatic rings. The predicted molar refractivity (Wildman–Crippen MR) is 86.0 cm³/mol. The monoisotopic (exact) mass is 333 g/mol. The molecule has 1 aliphatic carbocycles. The maximum Gasteiger partial charge on any atom is 0.192 e. The molecule has 24 heavy (non-hydrogen) atoms. The minimum atomic E-state index is -0.836. The Labute approximate surface area is 141 Å². The van der Waals surface area contributed by atoms with Crippen molar-refractivity contribution in [3.05, 3.63) is 23.8 Å². The molecule has 2 atom stereocenters. The average molecular weight is 333 g/mol. The van der Waals surface area contributed by atoms with E-state index in [1.54, 1.807) is 7.11 Å². The first-order valence-electron chi connectivity index (χ1n) is 8.62. The maximum atomic E-state index is 12.8. The van der Waals surface area contributed by atoms with E-state index in [9.17, 15) is 4.79 Å². The first-order valence-corrected chi connectivity index (χ1v) is 8.62. The number of hydrogen-bond acceptors (Lipinski definition) is 6. The van der Waals surface area contributed by atoms with Crippen molar-refractivity contribution in [2.24, 2.45) is 0 Å². The Bertz CT molecular complexity index is 620. The molecule has 0 bridgehead atoms. The van der Waals surface area contributed by atoms with Gasteiger partial charge in [0, 0.05) is 6.42 Å². The van der Waals surface area contributed by atoms with Crippen molar-refractivity contribution in [1.82, 2.24) is 5.48 Å². The van der Waals surface area contributed by atoms with Gasteiger partial charge in [-0.15, -0.1) is 0 Å². The van der Waals surface area contributed by atoms with Crippen LogP contribution in [0.1, 0.15) is 43.7 Å². The lowest BCUT2D eigenvalue weighted by Gasteiger charge is -2.18. The van der Waals surface area contributed by atoms with Crippen LogP contribution in [0, 0.1) is 0 Å². The van der Waals surface area contributed by atoms with Crippen LogP contribution in [0.3, 0.4) is 0 Å². The Kier molecular flexibility index (Phi) is 4.20. The molecule has 0 amide bonds. The Hall–Kier alpha value is -1.63. The number of hydroxylamine groups is 1. The Morgan fingerprint density at radius 2 is 2.08 bits per heavy atom. The number of ether oxygens (including phenoxy) is 3. The van der Waals surface area contributed by atoms with Crippen molar-refractivity contribution in [3.8, 4) is 11.5 Å². The fraction of sp³-hybridized carbons (Fsp3) is 0.611. The van der Waals surface area contributed by atoms with E-state index in [0.29, 0.717) is 31.1 Å². The van der Waals surface area contributed by atoms with E-state index in [0.717, 1.165) is 18.4 Å². The average Bonchev–Trinajstić information content (AvgIpc) is 3.33. The zero-order valence-corrected chi connectivity index (χ0v) is 13.9. The summed E-state index contributed by atoms with van der Waals surface area (Å²) >= 11 is 0. The normalized spacial score (nSPS) is 30.4. The SMILES string of the molecule is COc1ccc(C2NOC3(CCOC3)C2=O)cc1OC1CCCC1. The summed E-state index contributed by atoms with van der Waals surface area (Å²) in [6, 6.07) is 5.13. The number of nitrogens with one attached hydrogen (secondary N) is 1. The van der Waals surface area contributed by atoms with Crippen LogP contribution in [0.4, 0.5) is 0 Å². The minimum absolute atomic E-state index is 0.0250. The van der Waals surface area contributed by atoms with E-state index in [1.807, 2.05) is 18.2 Å². The summed E-state index contributed by atoms with van der Waals surface area (Å²) in [5, 5.41) is 0. The van der Waals surface area contributed by atoms with Crippen LogP contribution < -0.4 is 15.0 Å². The van der Waals surface area contributed by atoms with Gasteiger partial charge in [-0.05, 0) is 43.4 Å². The standard InChI is InChI=1S/C18H23NO5/c1-21-14-7-6-12(10-15(14)23-13-4-2-3-5-13)16-17(20)18(24-19-16)8-9-22-11-18/h6-7,10,13,16,19H,2-5,8-9,11H2,1H3. The van der Waals surface area contributed by atoms with E-state index >= 15 is 0 Å². The van der Waals surface area contributed by atoms with Crippen LogP contribution >= 0.6 is 0 Å². The van der Waals surface area contributed by atoms with Crippen molar-refractivity contribution >= 4 is 5.78 Å². The van der Waals surface area contributed by atoms with Gasteiger partial charge in [0.25, 0.3) is 0 Å². The molecule has 1 spiro atoms. The largest absolute Gasteiger partial charge is 0.493 e. The van der Waals surface area contributed by atoms with Crippen molar-refractivity contribution in [3.63, 3.8) is 0 Å². The summed E-state index contributed by atoms with van der Waals surface area (Å²) in [5.74, 6) is 1.41. The molecular formula is C18H23NO5. The van der Waals surface area contributed by atoms with E-state index in [1.165, 1.54) is 12.8 Å². The number of Topliss-reactive ketones (excluding diaryl/α,β-unsaturated/α-hetero) is 1. The summed E-state index contributed by atoms with van der Waals surface area (Å²) in [6.07, 6.45) is 5.36. The van der Waals surface area contributed by atoms with Crippen molar-refractivity contribution in [1.29, 1.82) is 0 Å². The number of carbonyl (C=O) groups excluding carboxylic acids is 1. The second kappa shape index (κ2) is 6.35. The van der Waals surface area contributed by atoms with Crippen LogP contribution in [0.2, 0.25) is 0 Å². The highest BCUT2D eigenvalue weighted by Gasteiger charge is 2.52. The third kappa shape index (κ3) is 2.68. The second-order valence-electron chi connectivity index (χ2n) is 6.75. The molecule has 6 nitrogen and oxygen atoms in total. The molecular weight excluding hydrogens is 310 g/mol. The smallest absolute Gasteiger partial charge is 0.192 e. The first kappa shape index (κ1) is 15.9. The number of rotatable bonds is 4. The van der Waals surface area contributed by atoms with Gasteiger partial charge in [-0.1, -0.05) is 6.07 Å². The Balaban J connectivity index is 1.58. The summed E-state index contributed by atoms with van der Waals surface area (Å²) in [6.45, 7) is 0.871. The van der Waals surface area contributed by atoms with Gasteiger partial charge in [0.15, 0.2) is 22.9 Å². The minimum Gasteiger partial charge on any atom is -0.493 e. The number of methoxy groups -OCH3 is 1. The maximum absolute atomic E-state index is 12.8. The number of carbonyl (C=O) groups is 1. The Morgan fingerprint density at radius 1 is 1.25 bits per heavy atom. The quantitative estimate of drug-likeness (QED) is 0.912. The van der Waals surface area contributed by atoms with Crippen molar-refractivity contribution < 1.29 is 23.8 Å². The van der Waals surface area contributed by atoms with E-state index < -0.39 is 11.6 Å². The fourth-order valence-electron chi connectivity index (χ4n) is 3.73. The molecule has 4 rings (SSSR count). The van der Waals surface area contributed by atoms with Gasteiger partial charge in [-0.25, -0.2) is 0 Å². The molecule has 1 aromatic rings. The van der Waals surface area contributed by atoms with Crippen LogP contribution in [-0.4, -0.2) is 37.8 Å². The van der Waals surface area contributed by atoms with Gasteiger partial charge >= 0.3 is 0 Å². The molecule has 3 fully saturated rings. The molecule has 1 aromatic carbocycles. The van der Waals surface area contributed by atoms with Crippen LogP contribution in [0.15, 0.2) is 18.2 Å². The number of hydrogen-bond donors (Lipinski definition) is 1. The van der Waals surface area contributed by atoms with Crippen molar-refractivity contribution in [2.75, 3.05) is 20.3 Å². The third-order valence-electron chi connectivity index (χ3n) is 5.19. The van der Waals surface area contributed by atoms with Gasteiger partial charge in [0.1, 0.15) is 6.04 Å². The first-order chi connectivity index (χ1) is 11.7. The second-order valence-corrected chi connectivity index (χ2v) is 6.75. The van der Waals surface area contributed by atoms with Gasteiger partial charge in [0.2, 0.25) is 0 Å². The summed E-state index contributed by atoms with van der Waals surface area (Å²) in [7, 11) is 1.63. The lowest BCUT2D eigenvalue weighted by molar-refractivity contribution is -0.134. The molecule has 2 heterocycles. The topological polar surface area (TPSA) is 66.0 Å². The highest BCUT2D eigenvalue weighted by Crippen LogP contribution is 2.39.